The van der Waals surface area contributed by atoms with Gasteiger partial charge in [-0.1, -0.05) is 0 Å². The largest absolute Gasteiger partial charge is 0.379 e. The molecule has 2 unspecified atom stereocenters. The molecule has 0 aromatic heterocycles. The number of hydrogen-bond acceptors (Lipinski definition) is 5. The molecule has 2 aliphatic rings. The van der Waals surface area contributed by atoms with E-state index in [-0.39, 0.29) is 17.5 Å². The molecular formula is C9H18N2O3S. The molecule has 6 heteroatoms. The minimum atomic E-state index is -2.77. The molecule has 0 amide bonds. The number of nitrogens with two attached hydrogens (primary N) is 1. The summed E-state index contributed by atoms with van der Waals surface area (Å²) in [4.78, 5) is 2.18. The van der Waals surface area contributed by atoms with Crippen LogP contribution in [0.3, 0.4) is 0 Å². The van der Waals surface area contributed by atoms with Gasteiger partial charge < -0.3 is 15.4 Å². The van der Waals surface area contributed by atoms with E-state index in [1.807, 2.05) is 0 Å². The Morgan fingerprint density at radius 1 is 1.27 bits per heavy atom. The zero-order valence-electron chi connectivity index (χ0n) is 8.76. The molecule has 0 aromatic carbocycles. The lowest BCUT2D eigenvalue weighted by atomic mass is 10.0. The topological polar surface area (TPSA) is 72.6 Å². The quantitative estimate of drug-likeness (QED) is 0.642. The van der Waals surface area contributed by atoms with Crippen molar-refractivity contribution in [2.75, 3.05) is 44.4 Å². The molecule has 5 nitrogen and oxygen atoms in total. The van der Waals surface area contributed by atoms with Crippen LogP contribution in [0.4, 0.5) is 0 Å². The van der Waals surface area contributed by atoms with Gasteiger partial charge in [0.15, 0.2) is 9.84 Å². The van der Waals surface area contributed by atoms with Gasteiger partial charge in [0.1, 0.15) is 0 Å². The van der Waals surface area contributed by atoms with Crippen LogP contribution in [0, 0.1) is 5.92 Å². The SMILES string of the molecule is NC1COCC1CN1CCS(=O)(=O)CC1. The van der Waals surface area contributed by atoms with Crippen LogP contribution in [-0.4, -0.2) is 63.7 Å². The first-order chi connectivity index (χ1) is 7.07. The molecule has 0 bridgehead atoms. The van der Waals surface area contributed by atoms with E-state index >= 15 is 0 Å². The minimum absolute atomic E-state index is 0.114. The van der Waals surface area contributed by atoms with Crippen molar-refractivity contribution in [2.45, 2.75) is 6.04 Å². The highest BCUT2D eigenvalue weighted by Crippen LogP contribution is 2.15. The predicted molar refractivity (Wildman–Crippen MR) is 57.4 cm³/mol. The van der Waals surface area contributed by atoms with E-state index in [1.54, 1.807) is 0 Å². The van der Waals surface area contributed by atoms with Gasteiger partial charge in [0.2, 0.25) is 0 Å². The van der Waals surface area contributed by atoms with E-state index in [0.717, 1.165) is 6.54 Å². The zero-order valence-corrected chi connectivity index (χ0v) is 9.58. The second-order valence-corrected chi connectivity index (χ2v) is 6.72. The van der Waals surface area contributed by atoms with Crippen LogP contribution in [0.25, 0.3) is 0 Å². The minimum Gasteiger partial charge on any atom is -0.379 e. The van der Waals surface area contributed by atoms with Crippen LogP contribution in [-0.2, 0) is 14.6 Å². The van der Waals surface area contributed by atoms with Crippen molar-refractivity contribution >= 4 is 9.84 Å². The van der Waals surface area contributed by atoms with Crippen LogP contribution in [0.5, 0.6) is 0 Å². The third-order valence-corrected chi connectivity index (χ3v) is 4.79. The van der Waals surface area contributed by atoms with Gasteiger partial charge in [0, 0.05) is 31.6 Å². The van der Waals surface area contributed by atoms with Gasteiger partial charge in [0.05, 0.1) is 24.7 Å². The normalized spacial score (nSPS) is 36.9. The highest BCUT2D eigenvalue weighted by atomic mass is 32.2. The van der Waals surface area contributed by atoms with Crippen molar-refractivity contribution in [3.8, 4) is 0 Å². The third kappa shape index (κ3) is 2.90. The molecule has 2 heterocycles. The smallest absolute Gasteiger partial charge is 0.152 e. The van der Waals surface area contributed by atoms with Crippen molar-refractivity contribution in [2.24, 2.45) is 11.7 Å². The first kappa shape index (κ1) is 11.3. The van der Waals surface area contributed by atoms with Crippen molar-refractivity contribution < 1.29 is 13.2 Å². The molecule has 2 N–H and O–H groups in total. The monoisotopic (exact) mass is 234 g/mol. The molecule has 0 aliphatic carbocycles. The fraction of sp³-hybridized carbons (Fsp3) is 1.00. The van der Waals surface area contributed by atoms with E-state index in [0.29, 0.717) is 32.2 Å². The molecule has 0 aromatic rings. The Balaban J connectivity index is 1.81. The Bertz CT molecular complexity index is 303. The molecule has 2 fully saturated rings. The van der Waals surface area contributed by atoms with Crippen LogP contribution >= 0.6 is 0 Å². The highest BCUT2D eigenvalue weighted by molar-refractivity contribution is 7.91. The standard InChI is InChI=1S/C9H18N2O3S/c10-9-7-14-6-8(9)5-11-1-3-15(12,13)4-2-11/h8-9H,1-7,10H2. The van der Waals surface area contributed by atoms with Crippen molar-refractivity contribution in [1.29, 1.82) is 0 Å². The van der Waals surface area contributed by atoms with Crippen molar-refractivity contribution in [1.82, 2.24) is 4.90 Å². The Hall–Kier alpha value is -0.170. The Kier molecular flexibility index (Phi) is 3.30. The van der Waals surface area contributed by atoms with Crippen LogP contribution in [0.15, 0.2) is 0 Å². The van der Waals surface area contributed by atoms with E-state index in [4.69, 9.17) is 10.5 Å². The molecule has 0 saturated carbocycles. The number of ether oxygens (including phenoxy) is 1. The van der Waals surface area contributed by atoms with Crippen molar-refractivity contribution in [3.63, 3.8) is 0 Å². The lowest BCUT2D eigenvalue weighted by Crippen LogP contribution is -2.45. The second kappa shape index (κ2) is 4.37. The first-order valence-electron chi connectivity index (χ1n) is 5.33. The molecule has 2 aliphatic heterocycles. The lowest BCUT2D eigenvalue weighted by Gasteiger charge is -2.29. The number of hydrogen-bond donors (Lipinski definition) is 1. The average Bonchev–Trinajstić information content (AvgIpc) is 2.56. The molecule has 0 radical (unpaired) electrons. The summed E-state index contributed by atoms with van der Waals surface area (Å²) in [5, 5.41) is 0. The molecule has 2 saturated heterocycles. The van der Waals surface area contributed by atoms with Gasteiger partial charge in [-0.15, -0.1) is 0 Å². The number of sulfone groups is 1. The van der Waals surface area contributed by atoms with E-state index < -0.39 is 9.84 Å². The third-order valence-electron chi connectivity index (χ3n) is 3.18. The highest BCUT2D eigenvalue weighted by Gasteiger charge is 2.29. The number of nitrogens with zero attached hydrogens (tertiary/aromatic N) is 1. The molecule has 0 spiro atoms. The summed E-state index contributed by atoms with van der Waals surface area (Å²) in [6.07, 6.45) is 0. The van der Waals surface area contributed by atoms with Gasteiger partial charge >= 0.3 is 0 Å². The summed E-state index contributed by atoms with van der Waals surface area (Å²) < 4.78 is 27.7. The Morgan fingerprint density at radius 2 is 1.93 bits per heavy atom. The molecule has 88 valence electrons. The summed E-state index contributed by atoms with van der Waals surface area (Å²) in [5.41, 5.74) is 5.88. The summed E-state index contributed by atoms with van der Waals surface area (Å²) in [7, 11) is -2.77. The molecule has 15 heavy (non-hydrogen) atoms. The van der Waals surface area contributed by atoms with Gasteiger partial charge in [-0.3, -0.25) is 0 Å². The number of rotatable bonds is 2. The fourth-order valence-electron chi connectivity index (χ4n) is 2.07. The maximum atomic E-state index is 11.2. The van der Waals surface area contributed by atoms with Crippen LogP contribution in [0.1, 0.15) is 0 Å². The first-order valence-corrected chi connectivity index (χ1v) is 7.15. The van der Waals surface area contributed by atoms with Crippen LogP contribution in [0.2, 0.25) is 0 Å². The van der Waals surface area contributed by atoms with E-state index in [9.17, 15) is 8.42 Å². The van der Waals surface area contributed by atoms with Gasteiger partial charge in [-0.2, -0.15) is 0 Å². The molecular weight excluding hydrogens is 216 g/mol. The van der Waals surface area contributed by atoms with Crippen LogP contribution < -0.4 is 5.73 Å². The van der Waals surface area contributed by atoms with Gasteiger partial charge in [0.25, 0.3) is 0 Å². The lowest BCUT2D eigenvalue weighted by molar-refractivity contribution is 0.170. The zero-order chi connectivity index (χ0) is 10.9. The Labute approximate surface area is 90.5 Å². The Morgan fingerprint density at radius 3 is 2.47 bits per heavy atom. The predicted octanol–water partition coefficient (Wildman–Crippen LogP) is -1.31. The summed E-state index contributed by atoms with van der Waals surface area (Å²) >= 11 is 0. The summed E-state index contributed by atoms with van der Waals surface area (Å²) in [6, 6.07) is 0.114. The maximum Gasteiger partial charge on any atom is 0.152 e. The fourth-order valence-corrected chi connectivity index (χ4v) is 3.34. The second-order valence-electron chi connectivity index (χ2n) is 4.41. The summed E-state index contributed by atoms with van der Waals surface area (Å²) in [5.74, 6) is 0.942. The van der Waals surface area contributed by atoms with Gasteiger partial charge in [-0.05, 0) is 0 Å². The van der Waals surface area contributed by atoms with E-state index in [1.165, 1.54) is 0 Å². The summed E-state index contributed by atoms with van der Waals surface area (Å²) in [6.45, 7) is 3.51. The molecule has 2 rings (SSSR count). The van der Waals surface area contributed by atoms with Gasteiger partial charge in [-0.25, -0.2) is 8.42 Å². The molecule has 2 atom stereocenters. The maximum absolute atomic E-state index is 11.2. The van der Waals surface area contributed by atoms with Crippen molar-refractivity contribution in [3.05, 3.63) is 0 Å². The average molecular weight is 234 g/mol. The van der Waals surface area contributed by atoms with E-state index in [2.05, 4.69) is 4.90 Å².